The second-order valence-corrected chi connectivity index (χ2v) is 4.57. The number of hydrogen-bond acceptors (Lipinski definition) is 2. The van der Waals surface area contributed by atoms with E-state index in [1.165, 1.54) is 13.2 Å². The number of halogens is 2. The Kier molecular flexibility index (Phi) is 4.47. The smallest absolute Gasteiger partial charge is 0.166 e. The van der Waals surface area contributed by atoms with Gasteiger partial charge in [-0.05, 0) is 24.5 Å². The van der Waals surface area contributed by atoms with Crippen LogP contribution in [-0.2, 0) is 4.79 Å². The zero-order chi connectivity index (χ0) is 12.3. The molecule has 0 fully saturated rings. The number of aldehydes is 1. The molecule has 0 aliphatic carbocycles. The van der Waals surface area contributed by atoms with Crippen molar-refractivity contribution in [3.05, 3.63) is 27.5 Å². The van der Waals surface area contributed by atoms with Crippen LogP contribution in [-0.4, -0.2) is 13.4 Å². The summed E-state index contributed by atoms with van der Waals surface area (Å²) in [5.41, 5.74) is 1.66. The largest absolute Gasteiger partial charge is 0.493 e. The fraction of sp³-hybridized carbons (Fsp3) is 0.417. The van der Waals surface area contributed by atoms with Crippen molar-refractivity contribution >= 4 is 22.2 Å². The third-order valence-electron chi connectivity index (χ3n) is 2.62. The zero-order valence-corrected chi connectivity index (χ0v) is 11.1. The summed E-state index contributed by atoms with van der Waals surface area (Å²) in [4.78, 5) is 10.5. The van der Waals surface area contributed by atoms with Crippen molar-refractivity contribution in [3.8, 4) is 5.75 Å². The first-order valence-corrected chi connectivity index (χ1v) is 5.78. The van der Waals surface area contributed by atoms with Crippen molar-refractivity contribution in [1.82, 2.24) is 0 Å². The first-order valence-electron chi connectivity index (χ1n) is 4.99. The van der Waals surface area contributed by atoms with Gasteiger partial charge in [0, 0.05) is 16.5 Å². The third kappa shape index (κ3) is 2.43. The SMILES string of the molecule is COc1c(F)cc(Br)c(C)c1C(C)CC=O. The summed E-state index contributed by atoms with van der Waals surface area (Å²) >= 11 is 3.30. The second kappa shape index (κ2) is 5.43. The number of carbonyl (C=O) groups is 1. The van der Waals surface area contributed by atoms with Crippen LogP contribution in [0, 0.1) is 12.7 Å². The van der Waals surface area contributed by atoms with Crippen molar-refractivity contribution < 1.29 is 13.9 Å². The third-order valence-corrected chi connectivity index (χ3v) is 3.45. The van der Waals surface area contributed by atoms with Gasteiger partial charge in [0.25, 0.3) is 0 Å². The van der Waals surface area contributed by atoms with E-state index in [2.05, 4.69) is 15.9 Å². The van der Waals surface area contributed by atoms with Crippen LogP contribution in [0.2, 0.25) is 0 Å². The lowest BCUT2D eigenvalue weighted by molar-refractivity contribution is -0.108. The van der Waals surface area contributed by atoms with Crippen LogP contribution in [0.4, 0.5) is 4.39 Å². The average Bonchev–Trinajstić information content (AvgIpc) is 2.23. The van der Waals surface area contributed by atoms with Gasteiger partial charge in [-0.25, -0.2) is 4.39 Å². The number of methoxy groups -OCH3 is 1. The molecule has 0 amide bonds. The monoisotopic (exact) mass is 288 g/mol. The minimum atomic E-state index is -0.410. The molecule has 0 aliphatic rings. The molecule has 0 spiro atoms. The fourth-order valence-corrected chi connectivity index (χ4v) is 2.19. The molecule has 0 saturated heterocycles. The molecule has 16 heavy (non-hydrogen) atoms. The van der Waals surface area contributed by atoms with E-state index in [0.717, 1.165) is 17.4 Å². The lowest BCUT2D eigenvalue weighted by atomic mass is 9.93. The number of hydrogen-bond donors (Lipinski definition) is 0. The molecule has 1 rings (SSSR count). The number of rotatable bonds is 4. The molecule has 0 heterocycles. The molecule has 0 aliphatic heterocycles. The maximum absolute atomic E-state index is 13.6. The molecule has 0 bridgehead atoms. The molecular weight excluding hydrogens is 275 g/mol. The van der Waals surface area contributed by atoms with Gasteiger partial charge in [-0.15, -0.1) is 0 Å². The molecule has 88 valence electrons. The Labute approximate surface area is 103 Å². The van der Waals surface area contributed by atoms with Crippen LogP contribution in [0.25, 0.3) is 0 Å². The topological polar surface area (TPSA) is 26.3 Å². The van der Waals surface area contributed by atoms with Crippen LogP contribution in [0.3, 0.4) is 0 Å². The van der Waals surface area contributed by atoms with E-state index in [1.54, 1.807) is 0 Å². The van der Waals surface area contributed by atoms with Crippen LogP contribution < -0.4 is 4.74 Å². The van der Waals surface area contributed by atoms with Crippen molar-refractivity contribution in [3.63, 3.8) is 0 Å². The van der Waals surface area contributed by atoms with Gasteiger partial charge in [-0.3, -0.25) is 0 Å². The minimum absolute atomic E-state index is 0.0561. The molecule has 1 aromatic rings. The Morgan fingerprint density at radius 1 is 1.62 bits per heavy atom. The summed E-state index contributed by atoms with van der Waals surface area (Å²) in [6.07, 6.45) is 1.19. The number of carbonyl (C=O) groups excluding carboxylic acids is 1. The highest BCUT2D eigenvalue weighted by Crippen LogP contribution is 2.37. The van der Waals surface area contributed by atoms with Crippen molar-refractivity contribution in [2.75, 3.05) is 7.11 Å². The second-order valence-electron chi connectivity index (χ2n) is 3.72. The van der Waals surface area contributed by atoms with Crippen LogP contribution >= 0.6 is 15.9 Å². The summed E-state index contributed by atoms with van der Waals surface area (Å²) < 4.78 is 19.4. The molecule has 4 heteroatoms. The summed E-state index contributed by atoms with van der Waals surface area (Å²) in [5, 5.41) is 0. The highest BCUT2D eigenvalue weighted by atomic mass is 79.9. The number of ether oxygens (including phenoxy) is 1. The Bertz CT molecular complexity index is 404. The van der Waals surface area contributed by atoms with Gasteiger partial charge in [0.2, 0.25) is 0 Å². The van der Waals surface area contributed by atoms with Gasteiger partial charge in [-0.2, -0.15) is 0 Å². The van der Waals surface area contributed by atoms with E-state index in [-0.39, 0.29) is 11.7 Å². The van der Waals surface area contributed by atoms with E-state index in [4.69, 9.17) is 4.74 Å². The average molecular weight is 289 g/mol. The Morgan fingerprint density at radius 3 is 2.75 bits per heavy atom. The van der Waals surface area contributed by atoms with Gasteiger partial charge < -0.3 is 9.53 Å². The Morgan fingerprint density at radius 2 is 2.25 bits per heavy atom. The van der Waals surface area contributed by atoms with E-state index in [1.807, 2.05) is 13.8 Å². The van der Waals surface area contributed by atoms with E-state index in [9.17, 15) is 9.18 Å². The van der Waals surface area contributed by atoms with Gasteiger partial charge >= 0.3 is 0 Å². The first-order chi connectivity index (χ1) is 7.52. The van der Waals surface area contributed by atoms with Crippen LogP contribution in [0.1, 0.15) is 30.4 Å². The van der Waals surface area contributed by atoms with Crippen molar-refractivity contribution in [2.24, 2.45) is 0 Å². The maximum Gasteiger partial charge on any atom is 0.166 e. The Balaban J connectivity index is 3.37. The molecule has 1 aromatic carbocycles. The van der Waals surface area contributed by atoms with Gasteiger partial charge in [0.15, 0.2) is 11.6 Å². The fourth-order valence-electron chi connectivity index (χ4n) is 1.78. The first kappa shape index (κ1) is 13.2. The molecule has 0 saturated carbocycles. The standard InChI is InChI=1S/C12H14BrFO2/c1-7(4-5-15)11-8(2)9(13)6-10(14)12(11)16-3/h5-7H,4H2,1-3H3. The van der Waals surface area contributed by atoms with Crippen molar-refractivity contribution in [2.45, 2.75) is 26.2 Å². The van der Waals surface area contributed by atoms with Gasteiger partial charge in [-0.1, -0.05) is 22.9 Å². The van der Waals surface area contributed by atoms with E-state index in [0.29, 0.717) is 10.9 Å². The number of benzene rings is 1. The minimum Gasteiger partial charge on any atom is -0.493 e. The zero-order valence-electron chi connectivity index (χ0n) is 9.51. The molecule has 0 aromatic heterocycles. The molecule has 1 unspecified atom stereocenters. The Hall–Kier alpha value is -0.900. The molecule has 2 nitrogen and oxygen atoms in total. The predicted molar refractivity (Wildman–Crippen MR) is 64.5 cm³/mol. The highest BCUT2D eigenvalue weighted by molar-refractivity contribution is 9.10. The summed E-state index contributed by atoms with van der Waals surface area (Å²) in [7, 11) is 1.43. The molecule has 0 radical (unpaired) electrons. The quantitative estimate of drug-likeness (QED) is 0.792. The predicted octanol–water partition coefficient (Wildman–Crippen LogP) is 3.60. The normalized spacial score (nSPS) is 12.3. The lowest BCUT2D eigenvalue weighted by Crippen LogP contribution is -2.04. The van der Waals surface area contributed by atoms with Crippen LogP contribution in [0.5, 0.6) is 5.75 Å². The van der Waals surface area contributed by atoms with E-state index < -0.39 is 5.82 Å². The summed E-state index contributed by atoms with van der Waals surface area (Å²) in [6, 6.07) is 1.38. The maximum atomic E-state index is 13.6. The van der Waals surface area contributed by atoms with Gasteiger partial charge in [0.05, 0.1) is 7.11 Å². The highest BCUT2D eigenvalue weighted by Gasteiger charge is 2.19. The molecular formula is C12H14BrFO2. The summed E-state index contributed by atoms with van der Waals surface area (Å²) in [6.45, 7) is 3.76. The van der Waals surface area contributed by atoms with Crippen molar-refractivity contribution in [1.29, 1.82) is 0 Å². The lowest BCUT2D eigenvalue weighted by Gasteiger charge is -2.18. The summed E-state index contributed by atoms with van der Waals surface area (Å²) in [5.74, 6) is -0.234. The van der Waals surface area contributed by atoms with Crippen LogP contribution in [0.15, 0.2) is 10.5 Å². The van der Waals surface area contributed by atoms with E-state index >= 15 is 0 Å². The molecule has 1 atom stereocenters. The van der Waals surface area contributed by atoms with Gasteiger partial charge in [0.1, 0.15) is 6.29 Å². The molecule has 0 N–H and O–H groups in total.